The fraction of sp³-hybridized carbons (Fsp3) is 0.694. The summed E-state index contributed by atoms with van der Waals surface area (Å²) in [7, 11) is 0. The van der Waals surface area contributed by atoms with E-state index in [9.17, 15) is 50.1 Å². The lowest BCUT2D eigenvalue weighted by Gasteiger charge is -2.43. The highest BCUT2D eigenvalue weighted by molar-refractivity contribution is 6.31. The summed E-state index contributed by atoms with van der Waals surface area (Å²) in [5.41, 5.74) is -3.21. The molecule has 6 aliphatic rings. The standard InChI is InChI=1S/C49H66O19/c1-21-29(50)9-13-37(61-21)65-33-11-15-39(63-23(33)3)67-48-25(5)60-35(18-32(48)53)27-7-8-28-41(45(27)57)47(59)42-31(52)17-26(44(56)43(42)46(28)58)19-49(6,20-36(54)55)68-40-16-12-34(24(4)64-40)66-38-14-10-30(51)22(2)62-38/h7-8,17,21-25,29-30,32-35,37-40,48,50-53,56-57H,9-16,18-20H2,1-6H3,(H,54,55)/t21-,22-,23-,24-,25+,29-,30-,32+,33-,34-,35+,37-,38-,39-,40-,48+,49+/m0/s1. The van der Waals surface area contributed by atoms with Crippen molar-refractivity contribution in [2.45, 2.75) is 216 Å². The highest BCUT2D eigenvalue weighted by Crippen LogP contribution is 2.47. The van der Waals surface area contributed by atoms with E-state index in [4.69, 9.17) is 42.6 Å². The zero-order chi connectivity index (χ0) is 48.9. The number of phenols is 3. The van der Waals surface area contributed by atoms with Crippen molar-refractivity contribution in [1.29, 1.82) is 0 Å². The van der Waals surface area contributed by atoms with Gasteiger partial charge in [0.15, 0.2) is 30.9 Å². The van der Waals surface area contributed by atoms with E-state index < -0.39 is 131 Å². The Kier molecular flexibility index (Phi) is 15.2. The quantitative estimate of drug-likeness (QED) is 0.116. The monoisotopic (exact) mass is 958 g/mol. The minimum atomic E-state index is -1.55. The van der Waals surface area contributed by atoms with Gasteiger partial charge in [0.25, 0.3) is 0 Å². The van der Waals surface area contributed by atoms with Gasteiger partial charge in [-0.15, -0.1) is 0 Å². The molecule has 0 saturated carbocycles. The lowest BCUT2D eigenvalue weighted by molar-refractivity contribution is -0.303. The Bertz CT molecular complexity index is 2170. The van der Waals surface area contributed by atoms with Crippen LogP contribution in [0.15, 0.2) is 18.2 Å². The molecule has 19 heteroatoms. The topological polar surface area (TPSA) is 276 Å². The van der Waals surface area contributed by atoms with Crippen LogP contribution in [0, 0.1) is 0 Å². The minimum absolute atomic E-state index is 0.0522. The van der Waals surface area contributed by atoms with Gasteiger partial charge in [-0.05, 0) is 79.4 Å². The molecule has 0 spiro atoms. The SMILES string of the molecule is C[C@@H]1O[C@@H](O[C@H]2[C@H](O)C[C@H](c3ccc4c(c3O)C(=O)c3c(O)cc(C[C@](C)(CC(=O)O)O[C@H]5CC[C@H](O[C@H]6CC[C@H](O)[C@H](C)O6)[C@H](C)O5)c(O)c3C4=O)O[C@@H]2C)CC[C@@H]1O[C@H]1CC[C@H](O)[C@H](C)O1. The molecule has 5 heterocycles. The first kappa shape index (κ1) is 50.6. The van der Waals surface area contributed by atoms with Gasteiger partial charge in [-0.1, -0.05) is 6.07 Å². The van der Waals surface area contributed by atoms with Crippen molar-refractivity contribution in [1.82, 2.24) is 0 Å². The Hall–Kier alpha value is -3.83. The number of aromatic hydroxyl groups is 3. The van der Waals surface area contributed by atoms with Gasteiger partial charge in [-0.25, -0.2) is 0 Å². The molecule has 68 heavy (non-hydrogen) atoms. The number of benzene rings is 2. The lowest BCUT2D eigenvalue weighted by Crippen LogP contribution is -2.50. The second-order valence-electron chi connectivity index (χ2n) is 19.7. The van der Waals surface area contributed by atoms with E-state index >= 15 is 0 Å². The number of ketones is 2. The first-order valence-electron chi connectivity index (χ1n) is 23.9. The summed E-state index contributed by atoms with van der Waals surface area (Å²) in [5.74, 6) is -4.96. The van der Waals surface area contributed by atoms with E-state index in [2.05, 4.69) is 0 Å². The molecule has 17 atom stereocenters. The molecule has 8 rings (SSSR count). The van der Waals surface area contributed by atoms with Gasteiger partial charge in [-0.3, -0.25) is 14.4 Å². The fourth-order valence-electron chi connectivity index (χ4n) is 10.5. The Morgan fingerprint density at radius 3 is 1.74 bits per heavy atom. The minimum Gasteiger partial charge on any atom is -0.507 e. The van der Waals surface area contributed by atoms with Gasteiger partial charge in [-0.2, -0.15) is 0 Å². The Labute approximate surface area is 394 Å². The van der Waals surface area contributed by atoms with Crippen molar-refractivity contribution >= 4 is 17.5 Å². The number of hydrogen-bond donors (Lipinski definition) is 7. The number of aliphatic carboxylic acids is 1. The van der Waals surface area contributed by atoms with Gasteiger partial charge >= 0.3 is 5.97 Å². The van der Waals surface area contributed by atoms with Crippen LogP contribution >= 0.6 is 0 Å². The number of carboxylic acid groups (broad SMARTS) is 1. The van der Waals surface area contributed by atoms with Crippen LogP contribution < -0.4 is 0 Å². The summed E-state index contributed by atoms with van der Waals surface area (Å²) in [6.07, 6.45) is -6.19. The van der Waals surface area contributed by atoms with Crippen LogP contribution in [0.1, 0.15) is 155 Å². The summed E-state index contributed by atoms with van der Waals surface area (Å²) in [6, 6.07) is 3.80. The number of rotatable bonds is 13. The lowest BCUT2D eigenvalue weighted by atomic mass is 9.79. The summed E-state index contributed by atoms with van der Waals surface area (Å²) < 4.78 is 55.0. The second kappa shape index (κ2) is 20.5. The van der Waals surface area contributed by atoms with Crippen LogP contribution in [0.4, 0.5) is 0 Å². The zero-order valence-corrected chi connectivity index (χ0v) is 39.3. The maximum atomic E-state index is 14.2. The molecule has 2 aromatic carbocycles. The predicted molar refractivity (Wildman–Crippen MR) is 235 cm³/mol. The maximum Gasteiger partial charge on any atom is 0.306 e. The molecule has 2 aromatic rings. The molecule has 0 unspecified atom stereocenters. The van der Waals surface area contributed by atoms with Gasteiger partial charge in [0.2, 0.25) is 5.78 Å². The molecule has 1 aliphatic carbocycles. The Balaban J connectivity index is 0.919. The first-order chi connectivity index (χ1) is 32.2. The molecule has 0 aromatic heterocycles. The van der Waals surface area contributed by atoms with Crippen LogP contribution in [-0.4, -0.2) is 151 Å². The van der Waals surface area contributed by atoms with Gasteiger partial charge in [0.05, 0.1) is 95.9 Å². The van der Waals surface area contributed by atoms with Crippen LogP contribution in [0.2, 0.25) is 0 Å². The van der Waals surface area contributed by atoms with Gasteiger partial charge in [0.1, 0.15) is 23.4 Å². The van der Waals surface area contributed by atoms with Crippen molar-refractivity contribution in [3.05, 3.63) is 51.6 Å². The molecule has 376 valence electrons. The van der Waals surface area contributed by atoms with Gasteiger partial charge < -0.3 is 78.4 Å². The summed E-state index contributed by atoms with van der Waals surface area (Å²) in [5, 5.41) is 76.1. The Morgan fingerprint density at radius 1 is 0.632 bits per heavy atom. The van der Waals surface area contributed by atoms with Crippen LogP contribution in [-0.2, 0) is 53.8 Å². The van der Waals surface area contributed by atoms with Gasteiger partial charge in [0, 0.05) is 55.2 Å². The van der Waals surface area contributed by atoms with E-state index in [1.807, 2.05) is 6.92 Å². The van der Waals surface area contributed by atoms with Crippen LogP contribution in [0.3, 0.4) is 0 Å². The average molecular weight is 959 g/mol. The number of phenolic OH excluding ortho intramolecular Hbond substituents is 3. The smallest absolute Gasteiger partial charge is 0.306 e. The average Bonchev–Trinajstić information content (AvgIpc) is 3.26. The summed E-state index contributed by atoms with van der Waals surface area (Å²) in [4.78, 5) is 40.6. The fourth-order valence-corrected chi connectivity index (χ4v) is 10.5. The third-order valence-electron chi connectivity index (χ3n) is 14.4. The number of fused-ring (bicyclic) bond motifs is 2. The first-order valence-corrected chi connectivity index (χ1v) is 23.9. The summed E-state index contributed by atoms with van der Waals surface area (Å²) in [6.45, 7) is 10.5. The van der Waals surface area contributed by atoms with E-state index in [1.165, 1.54) is 19.1 Å². The highest BCUT2D eigenvalue weighted by atomic mass is 16.7. The van der Waals surface area contributed by atoms with Crippen molar-refractivity contribution in [2.24, 2.45) is 0 Å². The van der Waals surface area contributed by atoms with Crippen LogP contribution in [0.5, 0.6) is 17.2 Å². The van der Waals surface area contributed by atoms with E-state index in [0.717, 1.165) is 6.07 Å². The molecule has 7 N–H and O–H groups in total. The van der Waals surface area contributed by atoms with E-state index in [1.54, 1.807) is 27.7 Å². The second-order valence-corrected chi connectivity index (χ2v) is 19.7. The largest absolute Gasteiger partial charge is 0.507 e. The number of ether oxygens (including phenoxy) is 9. The van der Waals surface area contributed by atoms with E-state index in [-0.39, 0.29) is 60.1 Å². The zero-order valence-electron chi connectivity index (χ0n) is 39.3. The molecule has 5 aliphatic heterocycles. The van der Waals surface area contributed by atoms with E-state index in [0.29, 0.717) is 51.4 Å². The van der Waals surface area contributed by atoms with Crippen LogP contribution in [0.25, 0.3) is 0 Å². The normalized spacial score (nSPS) is 37.5. The molecule has 0 radical (unpaired) electrons. The van der Waals surface area contributed by atoms with Crippen molar-refractivity contribution in [2.75, 3.05) is 0 Å². The molecule has 5 fully saturated rings. The molecular weight excluding hydrogens is 893 g/mol. The number of carbonyl (C=O) groups excluding carboxylic acids is 2. The maximum absolute atomic E-state index is 14.2. The number of hydrogen-bond acceptors (Lipinski definition) is 18. The molecular formula is C49H66O19. The number of carbonyl (C=O) groups is 3. The molecule has 0 bridgehead atoms. The highest BCUT2D eigenvalue weighted by Gasteiger charge is 2.45. The Morgan fingerprint density at radius 2 is 1.18 bits per heavy atom. The van der Waals surface area contributed by atoms with Crippen molar-refractivity contribution in [3.8, 4) is 17.2 Å². The number of carboxylic acids is 1. The third-order valence-corrected chi connectivity index (χ3v) is 14.4. The van der Waals surface area contributed by atoms with Crippen molar-refractivity contribution < 1.29 is 92.8 Å². The van der Waals surface area contributed by atoms with Crippen molar-refractivity contribution in [3.63, 3.8) is 0 Å². The molecule has 5 saturated heterocycles. The number of aliphatic hydroxyl groups is 3. The molecule has 0 amide bonds. The predicted octanol–water partition coefficient (Wildman–Crippen LogP) is 4.56. The molecule has 19 nitrogen and oxygen atoms in total. The summed E-state index contributed by atoms with van der Waals surface area (Å²) >= 11 is 0. The number of aliphatic hydroxyl groups excluding tert-OH is 3. The third kappa shape index (κ3) is 10.6.